The smallest absolute Gasteiger partial charge is 0.433 e. The van der Waals surface area contributed by atoms with Gasteiger partial charge >= 0.3 is 12.1 Å². The summed E-state index contributed by atoms with van der Waals surface area (Å²) in [5.74, 6) is 0.137. The molecule has 1 aromatic carbocycles. The highest BCUT2D eigenvalue weighted by atomic mass is 19.4. The number of anilines is 2. The number of ether oxygens (including phenoxy) is 1. The van der Waals surface area contributed by atoms with E-state index in [9.17, 15) is 18.0 Å². The first-order valence-electron chi connectivity index (χ1n) is 13.3. The lowest BCUT2D eigenvalue weighted by Crippen LogP contribution is -2.54. The number of esters is 1. The summed E-state index contributed by atoms with van der Waals surface area (Å²) < 4.78 is 49.5. The number of carbonyl (C=O) groups excluding carboxylic acids is 1. The quantitative estimate of drug-likeness (QED) is 0.376. The minimum absolute atomic E-state index is 0.120. The van der Waals surface area contributed by atoms with Crippen LogP contribution in [0.3, 0.4) is 0 Å². The Morgan fingerprint density at radius 3 is 2.62 bits per heavy atom. The number of hydrogen-bond donors (Lipinski definition) is 2. The molecule has 0 amide bonds. The van der Waals surface area contributed by atoms with Crippen molar-refractivity contribution in [2.75, 3.05) is 30.4 Å². The van der Waals surface area contributed by atoms with Crippen molar-refractivity contribution in [2.24, 2.45) is 0 Å². The highest BCUT2D eigenvalue weighted by Crippen LogP contribution is 2.30. The van der Waals surface area contributed by atoms with E-state index in [-0.39, 0.29) is 18.1 Å². The van der Waals surface area contributed by atoms with Crippen molar-refractivity contribution in [3.8, 4) is 11.3 Å². The normalized spacial score (nSPS) is 21.9. The summed E-state index contributed by atoms with van der Waals surface area (Å²) in [7, 11) is 1.34. The fourth-order valence-electron chi connectivity index (χ4n) is 5.44. The molecule has 1 aliphatic carbocycles. The number of alkyl halides is 3. The van der Waals surface area contributed by atoms with E-state index in [1.807, 2.05) is 6.07 Å². The summed E-state index contributed by atoms with van der Waals surface area (Å²) in [6, 6.07) is 10.5. The number of nitrogens with one attached hydrogen (secondary N) is 2. The number of benzene rings is 1. The maximum Gasteiger partial charge on any atom is 0.433 e. The van der Waals surface area contributed by atoms with E-state index in [0.29, 0.717) is 29.6 Å². The Morgan fingerprint density at radius 2 is 1.87 bits per heavy atom. The van der Waals surface area contributed by atoms with E-state index >= 15 is 0 Å². The lowest BCUT2D eigenvalue weighted by Gasteiger charge is -2.40. The van der Waals surface area contributed by atoms with Crippen LogP contribution in [-0.4, -0.2) is 54.3 Å². The van der Waals surface area contributed by atoms with E-state index in [1.165, 1.54) is 19.4 Å². The van der Waals surface area contributed by atoms with Gasteiger partial charge in [-0.3, -0.25) is 0 Å². The maximum atomic E-state index is 12.9. The topological polar surface area (TPSA) is 92.5 Å². The van der Waals surface area contributed by atoms with Gasteiger partial charge in [0.2, 0.25) is 0 Å². The number of rotatable bonds is 7. The summed E-state index contributed by atoms with van der Waals surface area (Å²) >= 11 is 0. The van der Waals surface area contributed by atoms with Crippen molar-refractivity contribution >= 4 is 17.7 Å². The predicted octanol–water partition coefficient (Wildman–Crippen LogP) is 5.52. The SMILES string of the molecule is COC(=O)c1cccc(-c2cnc(N[C@@H]3CCCC[C@H]3N[C@H]3CCCN(c4ccc(C(F)(F)F)nc4)C3)o2)c1. The molecule has 0 radical (unpaired) electrons. The van der Waals surface area contributed by atoms with Crippen LogP contribution in [0.5, 0.6) is 0 Å². The standard InChI is InChI=1S/C28H32F3N5O3/c1-38-26(37)19-7-4-6-18(14-19)24-16-33-27(39-24)35-23-10-3-2-9-22(23)34-20-8-5-13-36(17-20)21-11-12-25(32-15-21)28(29,30)31/h4,6-7,11-12,14-16,20,22-23,34H,2-3,5,8-10,13,17H2,1H3,(H,33,35)/t20-,22+,23+/m0/s1. The van der Waals surface area contributed by atoms with E-state index in [1.54, 1.807) is 24.4 Å². The summed E-state index contributed by atoms with van der Waals surface area (Å²) in [5, 5.41) is 7.26. The van der Waals surface area contributed by atoms with Gasteiger partial charge in [-0.15, -0.1) is 0 Å². The molecule has 8 nitrogen and oxygen atoms in total. The van der Waals surface area contributed by atoms with Crippen LogP contribution in [0, 0.1) is 0 Å². The van der Waals surface area contributed by atoms with Gasteiger partial charge < -0.3 is 24.7 Å². The first-order chi connectivity index (χ1) is 18.8. The average molecular weight is 544 g/mol. The fraction of sp³-hybridized carbons (Fsp3) is 0.464. The number of piperidine rings is 1. The fourth-order valence-corrected chi connectivity index (χ4v) is 5.44. The molecule has 2 fully saturated rings. The largest absolute Gasteiger partial charge is 0.465 e. The Morgan fingerprint density at radius 1 is 1.05 bits per heavy atom. The Hall–Kier alpha value is -3.60. The molecule has 2 N–H and O–H groups in total. The van der Waals surface area contributed by atoms with Crippen molar-refractivity contribution in [1.29, 1.82) is 0 Å². The van der Waals surface area contributed by atoms with Gasteiger partial charge in [-0.25, -0.2) is 14.8 Å². The van der Waals surface area contributed by atoms with Gasteiger partial charge in [-0.1, -0.05) is 25.0 Å². The minimum Gasteiger partial charge on any atom is -0.465 e. The molecule has 0 unspecified atom stereocenters. The van der Waals surface area contributed by atoms with Crippen LogP contribution in [0.15, 0.2) is 53.2 Å². The lowest BCUT2D eigenvalue weighted by atomic mass is 9.89. The molecule has 208 valence electrons. The molecule has 39 heavy (non-hydrogen) atoms. The number of nitrogens with zero attached hydrogens (tertiary/aromatic N) is 3. The van der Waals surface area contributed by atoms with Gasteiger partial charge in [0.05, 0.1) is 30.8 Å². The van der Waals surface area contributed by atoms with Gasteiger partial charge in [0.1, 0.15) is 5.69 Å². The zero-order chi connectivity index (χ0) is 27.4. The zero-order valence-corrected chi connectivity index (χ0v) is 21.7. The van der Waals surface area contributed by atoms with E-state index in [0.717, 1.165) is 56.7 Å². The molecule has 0 spiro atoms. The second-order valence-corrected chi connectivity index (χ2v) is 10.1. The predicted molar refractivity (Wildman–Crippen MR) is 141 cm³/mol. The molecule has 1 saturated heterocycles. The van der Waals surface area contributed by atoms with Crippen molar-refractivity contribution < 1.29 is 27.1 Å². The third-order valence-electron chi connectivity index (χ3n) is 7.42. The Kier molecular flexibility index (Phi) is 8.06. The summed E-state index contributed by atoms with van der Waals surface area (Å²) in [6.45, 7) is 1.49. The van der Waals surface area contributed by atoms with Crippen molar-refractivity contribution in [3.63, 3.8) is 0 Å². The molecule has 2 aromatic heterocycles. The highest BCUT2D eigenvalue weighted by molar-refractivity contribution is 5.90. The molecule has 0 bridgehead atoms. The summed E-state index contributed by atoms with van der Waals surface area (Å²) in [6.07, 6.45) is 4.63. The second kappa shape index (κ2) is 11.6. The molecule has 5 rings (SSSR count). The van der Waals surface area contributed by atoms with Gasteiger partial charge in [0, 0.05) is 36.8 Å². The number of hydrogen-bond acceptors (Lipinski definition) is 8. The van der Waals surface area contributed by atoms with Crippen LogP contribution in [0.2, 0.25) is 0 Å². The van der Waals surface area contributed by atoms with Gasteiger partial charge in [0.25, 0.3) is 6.01 Å². The highest BCUT2D eigenvalue weighted by Gasteiger charge is 2.33. The molecular weight excluding hydrogens is 511 g/mol. The van der Waals surface area contributed by atoms with Crippen LogP contribution in [0.4, 0.5) is 24.9 Å². The number of methoxy groups -OCH3 is 1. The summed E-state index contributed by atoms with van der Waals surface area (Å²) in [4.78, 5) is 22.0. The Bertz CT molecular complexity index is 1260. The Balaban J connectivity index is 1.22. The number of pyridine rings is 1. The molecule has 3 aromatic rings. The van der Waals surface area contributed by atoms with Crippen LogP contribution < -0.4 is 15.5 Å². The van der Waals surface area contributed by atoms with Gasteiger partial charge in [0.15, 0.2) is 5.76 Å². The minimum atomic E-state index is -4.44. The third kappa shape index (κ3) is 6.52. The number of carbonyl (C=O) groups is 1. The number of aromatic nitrogens is 2. The van der Waals surface area contributed by atoms with E-state index in [4.69, 9.17) is 9.15 Å². The first kappa shape index (κ1) is 27.0. The Labute approximate surface area is 225 Å². The average Bonchev–Trinajstić information content (AvgIpc) is 3.42. The second-order valence-electron chi connectivity index (χ2n) is 10.1. The number of oxazole rings is 1. The monoisotopic (exact) mass is 543 g/mol. The molecule has 1 aliphatic heterocycles. The number of halogens is 3. The molecule has 2 aliphatic rings. The molecule has 3 atom stereocenters. The van der Waals surface area contributed by atoms with E-state index < -0.39 is 17.8 Å². The van der Waals surface area contributed by atoms with Crippen LogP contribution in [-0.2, 0) is 10.9 Å². The van der Waals surface area contributed by atoms with Gasteiger partial charge in [-0.2, -0.15) is 13.2 Å². The maximum absolute atomic E-state index is 12.9. The zero-order valence-electron chi connectivity index (χ0n) is 21.7. The lowest BCUT2D eigenvalue weighted by molar-refractivity contribution is -0.141. The molecule has 11 heteroatoms. The molecule has 1 saturated carbocycles. The van der Waals surface area contributed by atoms with Crippen LogP contribution in [0.25, 0.3) is 11.3 Å². The molecule has 3 heterocycles. The van der Waals surface area contributed by atoms with Crippen molar-refractivity contribution in [1.82, 2.24) is 15.3 Å². The third-order valence-corrected chi connectivity index (χ3v) is 7.42. The van der Waals surface area contributed by atoms with Crippen molar-refractivity contribution in [2.45, 2.75) is 62.8 Å². The molecular formula is C28H32F3N5O3. The van der Waals surface area contributed by atoms with Crippen LogP contribution >= 0.6 is 0 Å². The summed E-state index contributed by atoms with van der Waals surface area (Å²) in [5.41, 5.74) is 0.999. The van der Waals surface area contributed by atoms with Gasteiger partial charge in [-0.05, 0) is 49.9 Å². The van der Waals surface area contributed by atoms with Crippen LogP contribution in [0.1, 0.15) is 54.6 Å². The van der Waals surface area contributed by atoms with E-state index in [2.05, 4.69) is 25.5 Å². The first-order valence-corrected chi connectivity index (χ1v) is 13.3. The van der Waals surface area contributed by atoms with Crippen molar-refractivity contribution in [3.05, 3.63) is 60.0 Å².